The molecule has 1 aliphatic carbocycles. The van der Waals surface area contributed by atoms with Crippen LogP contribution in [0.25, 0.3) is 0 Å². The lowest BCUT2D eigenvalue weighted by atomic mass is 10.1. The third-order valence-corrected chi connectivity index (χ3v) is 1.79. The number of nitrogens with two attached hydrogens (primary N) is 1. The van der Waals surface area contributed by atoms with E-state index < -0.39 is 5.92 Å². The Kier molecular flexibility index (Phi) is 6.03. The molecule has 1 unspecified atom stereocenters. The zero-order valence-electron chi connectivity index (χ0n) is 8.41. The second kappa shape index (κ2) is 6.48. The number of hydrogen-bond donors (Lipinski definition) is 1. The largest absolute Gasteiger partial charge is 0.468 e. The molecule has 0 bridgehead atoms. The van der Waals surface area contributed by atoms with E-state index in [-0.39, 0.29) is 11.8 Å². The monoisotopic (exact) mass is 217 g/mol. The molecule has 5 heteroatoms. The van der Waals surface area contributed by atoms with E-state index in [1.54, 1.807) is 6.92 Å². The summed E-state index contributed by atoms with van der Waals surface area (Å²) in [7, 11) is 1.31. The highest BCUT2D eigenvalue weighted by molar-refractivity contribution is 7.80. The van der Waals surface area contributed by atoms with Crippen molar-refractivity contribution in [2.75, 3.05) is 7.11 Å². The van der Waals surface area contributed by atoms with E-state index >= 15 is 0 Å². The smallest absolute Gasteiger partial charge is 0.316 e. The molecule has 0 aliphatic heterocycles. The predicted octanol–water partition coefficient (Wildman–Crippen LogP) is 0.821. The fourth-order valence-electron chi connectivity index (χ4n) is 1.21. The van der Waals surface area contributed by atoms with E-state index in [4.69, 9.17) is 5.73 Å². The van der Waals surface area contributed by atoms with E-state index in [1.165, 1.54) is 7.11 Å². The van der Waals surface area contributed by atoms with Gasteiger partial charge in [0.15, 0.2) is 0 Å². The number of Topliss-reactive ketones (excluding diaryl/α,β-unsaturated/α-hetero) is 1. The van der Waals surface area contributed by atoms with Gasteiger partial charge >= 0.3 is 5.97 Å². The van der Waals surface area contributed by atoms with Crippen LogP contribution in [0.5, 0.6) is 0 Å². The summed E-state index contributed by atoms with van der Waals surface area (Å²) >= 11 is 4.31. The average Bonchev–Trinajstić information content (AvgIpc) is 2.49. The third-order valence-electron chi connectivity index (χ3n) is 1.79. The Morgan fingerprint density at radius 1 is 1.64 bits per heavy atom. The molecule has 0 aromatic heterocycles. The van der Waals surface area contributed by atoms with Crippen LogP contribution in [0.2, 0.25) is 0 Å². The van der Waals surface area contributed by atoms with Crippen molar-refractivity contribution in [1.82, 2.24) is 0 Å². The zero-order valence-corrected chi connectivity index (χ0v) is 9.23. The van der Waals surface area contributed by atoms with Gasteiger partial charge in [0.1, 0.15) is 11.7 Å². The van der Waals surface area contributed by atoms with Crippen molar-refractivity contribution in [3.63, 3.8) is 0 Å². The maximum Gasteiger partial charge on any atom is 0.316 e. The normalized spacial score (nSPS) is 19.6. The highest BCUT2D eigenvalue weighted by atomic mass is 32.1. The molecule has 0 amide bonds. The highest BCUT2D eigenvalue weighted by Crippen LogP contribution is 2.21. The summed E-state index contributed by atoms with van der Waals surface area (Å²) in [6.45, 7) is 1.68. The second-order valence-electron chi connectivity index (χ2n) is 3.04. The molecule has 1 fully saturated rings. The topological polar surface area (TPSA) is 69.4 Å². The first-order chi connectivity index (χ1) is 6.49. The third kappa shape index (κ3) is 4.91. The van der Waals surface area contributed by atoms with Crippen LogP contribution >= 0.6 is 12.2 Å². The molecule has 4 nitrogen and oxygen atoms in total. The van der Waals surface area contributed by atoms with E-state index in [1.807, 2.05) is 0 Å². The Bertz CT molecular complexity index is 236. The van der Waals surface area contributed by atoms with Crippen molar-refractivity contribution < 1.29 is 14.3 Å². The summed E-state index contributed by atoms with van der Waals surface area (Å²) in [5.41, 5.74) is 4.84. The Balaban J connectivity index is 0.000000364. The van der Waals surface area contributed by atoms with Crippen molar-refractivity contribution >= 4 is 29.0 Å². The lowest BCUT2D eigenvalue weighted by molar-refractivity contribution is -0.148. The molecule has 1 aliphatic rings. The van der Waals surface area contributed by atoms with Gasteiger partial charge in [-0.05, 0) is 19.8 Å². The number of thiocarbonyl (C=S) groups is 1. The van der Waals surface area contributed by atoms with Crippen LogP contribution in [-0.4, -0.2) is 23.9 Å². The molecule has 2 N–H and O–H groups in total. The van der Waals surface area contributed by atoms with Crippen LogP contribution in [0.1, 0.15) is 26.2 Å². The molecule has 0 saturated heterocycles. The van der Waals surface area contributed by atoms with E-state index in [9.17, 15) is 9.59 Å². The van der Waals surface area contributed by atoms with Crippen LogP contribution in [0.15, 0.2) is 0 Å². The zero-order chi connectivity index (χ0) is 11.1. The van der Waals surface area contributed by atoms with Crippen LogP contribution in [0.4, 0.5) is 0 Å². The minimum absolute atomic E-state index is 0.0341. The van der Waals surface area contributed by atoms with Crippen LogP contribution in [0, 0.1) is 5.92 Å². The van der Waals surface area contributed by atoms with E-state index in [0.717, 1.165) is 6.42 Å². The van der Waals surface area contributed by atoms with Crippen LogP contribution in [-0.2, 0) is 14.3 Å². The molecule has 80 valence electrons. The standard InChI is InChI=1S/C7H10O3.C2H5NS/c1-10-7(9)5-3-2-4-6(5)8;1-2(3)4/h5H,2-4H2,1H3;1H3,(H2,3,4). The maximum atomic E-state index is 10.9. The fourth-order valence-corrected chi connectivity index (χ4v) is 1.21. The Hall–Kier alpha value is -0.970. The first-order valence-electron chi connectivity index (χ1n) is 4.35. The average molecular weight is 217 g/mol. The fraction of sp³-hybridized carbons (Fsp3) is 0.667. The molecule has 1 saturated carbocycles. The molecule has 0 radical (unpaired) electrons. The summed E-state index contributed by atoms with van der Waals surface area (Å²) in [6.07, 6.45) is 2.05. The molecular weight excluding hydrogens is 202 g/mol. The van der Waals surface area contributed by atoms with Gasteiger partial charge < -0.3 is 10.5 Å². The minimum Gasteiger partial charge on any atom is -0.468 e. The van der Waals surface area contributed by atoms with Gasteiger partial charge in [-0.25, -0.2) is 0 Å². The van der Waals surface area contributed by atoms with Gasteiger partial charge in [-0.15, -0.1) is 0 Å². The number of ether oxygens (including phenoxy) is 1. The van der Waals surface area contributed by atoms with Gasteiger partial charge in [0.25, 0.3) is 0 Å². The van der Waals surface area contributed by atoms with Crippen LogP contribution < -0.4 is 5.73 Å². The lowest BCUT2D eigenvalue weighted by Crippen LogP contribution is -2.19. The summed E-state index contributed by atoms with van der Waals surface area (Å²) < 4.78 is 4.44. The predicted molar refractivity (Wildman–Crippen MR) is 56.8 cm³/mol. The van der Waals surface area contributed by atoms with Gasteiger partial charge in [0.05, 0.1) is 12.1 Å². The summed E-state index contributed by atoms with van der Waals surface area (Å²) in [5, 5.41) is 0. The minimum atomic E-state index is -0.454. The van der Waals surface area contributed by atoms with Crippen molar-refractivity contribution in [2.45, 2.75) is 26.2 Å². The first kappa shape index (κ1) is 13.0. The molecule has 0 spiro atoms. The molecule has 14 heavy (non-hydrogen) atoms. The molecule has 1 atom stereocenters. The van der Waals surface area contributed by atoms with Crippen LogP contribution in [0.3, 0.4) is 0 Å². The number of hydrogen-bond acceptors (Lipinski definition) is 4. The SMILES string of the molecule is CC(N)=S.COC(=O)C1CCCC1=O. The van der Waals surface area contributed by atoms with Gasteiger partial charge in [-0.3, -0.25) is 9.59 Å². The molecule has 0 aromatic rings. The first-order valence-corrected chi connectivity index (χ1v) is 4.76. The molecule has 0 heterocycles. The Morgan fingerprint density at radius 3 is 2.43 bits per heavy atom. The van der Waals surface area contributed by atoms with E-state index in [2.05, 4.69) is 17.0 Å². The number of esters is 1. The Morgan fingerprint density at radius 2 is 2.14 bits per heavy atom. The quantitative estimate of drug-likeness (QED) is 0.400. The summed E-state index contributed by atoms with van der Waals surface area (Å²) in [6, 6.07) is 0. The van der Waals surface area contributed by atoms with E-state index in [0.29, 0.717) is 17.8 Å². The summed E-state index contributed by atoms with van der Waals surface area (Å²) in [4.78, 5) is 22.2. The summed E-state index contributed by atoms with van der Waals surface area (Å²) in [5.74, 6) is -0.792. The molecule has 0 aromatic carbocycles. The van der Waals surface area contributed by atoms with Crippen molar-refractivity contribution in [1.29, 1.82) is 0 Å². The van der Waals surface area contributed by atoms with Gasteiger partial charge in [0.2, 0.25) is 0 Å². The lowest BCUT2D eigenvalue weighted by Gasteiger charge is -2.02. The second-order valence-corrected chi connectivity index (χ2v) is 3.69. The van der Waals surface area contributed by atoms with Gasteiger partial charge in [-0.2, -0.15) is 0 Å². The maximum absolute atomic E-state index is 10.9. The van der Waals surface area contributed by atoms with Gasteiger partial charge in [0, 0.05) is 6.42 Å². The number of carbonyl (C=O) groups is 2. The van der Waals surface area contributed by atoms with Crippen molar-refractivity contribution in [2.24, 2.45) is 11.7 Å². The number of carbonyl (C=O) groups excluding carboxylic acids is 2. The highest BCUT2D eigenvalue weighted by Gasteiger charge is 2.31. The molecule has 1 rings (SSSR count). The number of ketones is 1. The van der Waals surface area contributed by atoms with Crippen molar-refractivity contribution in [3.05, 3.63) is 0 Å². The molecular formula is C9H15NO3S. The Labute approximate surface area is 88.8 Å². The number of rotatable bonds is 1. The number of methoxy groups -OCH3 is 1. The van der Waals surface area contributed by atoms with Crippen molar-refractivity contribution in [3.8, 4) is 0 Å². The van der Waals surface area contributed by atoms with Gasteiger partial charge in [-0.1, -0.05) is 12.2 Å².